The molecule has 0 aromatic heterocycles. The van der Waals surface area contributed by atoms with Crippen LogP contribution in [0.4, 0.5) is 0 Å². The van der Waals surface area contributed by atoms with E-state index in [0.29, 0.717) is 5.56 Å². The van der Waals surface area contributed by atoms with Gasteiger partial charge in [0.1, 0.15) is 0 Å². The molecule has 22 heavy (non-hydrogen) atoms. The molecular formula is C14H17NO6S. The van der Waals surface area contributed by atoms with Gasteiger partial charge in [0.2, 0.25) is 0 Å². The van der Waals surface area contributed by atoms with Gasteiger partial charge in [-0.1, -0.05) is 6.07 Å². The average Bonchev–Trinajstić information content (AvgIpc) is 2.45. The molecule has 1 saturated heterocycles. The van der Waals surface area contributed by atoms with Gasteiger partial charge in [0.05, 0.1) is 18.1 Å². The lowest BCUT2D eigenvalue weighted by atomic mass is 10.1. The lowest BCUT2D eigenvalue weighted by molar-refractivity contribution is -0.147. The van der Waals surface area contributed by atoms with E-state index in [4.69, 9.17) is 9.84 Å². The maximum absolute atomic E-state index is 12.5. The van der Waals surface area contributed by atoms with Gasteiger partial charge >= 0.3 is 5.97 Å². The van der Waals surface area contributed by atoms with Crippen LogP contribution in [0.2, 0.25) is 0 Å². The number of carbonyl (C=O) groups excluding carboxylic acids is 1. The third-order valence-corrected chi connectivity index (χ3v) is 4.75. The first-order valence-electron chi connectivity index (χ1n) is 6.64. The number of aliphatic carboxylic acids is 1. The number of nitrogens with zero attached hydrogens (tertiary/aromatic N) is 1. The van der Waals surface area contributed by atoms with Crippen LogP contribution in [-0.2, 0) is 19.4 Å². The largest absolute Gasteiger partial charge is 0.480 e. The minimum Gasteiger partial charge on any atom is -0.480 e. The van der Waals surface area contributed by atoms with Gasteiger partial charge in [-0.15, -0.1) is 0 Å². The lowest BCUT2D eigenvalue weighted by Gasteiger charge is -2.33. The van der Waals surface area contributed by atoms with Crippen LogP contribution in [0.5, 0.6) is 0 Å². The Kier molecular flexibility index (Phi) is 4.52. The van der Waals surface area contributed by atoms with E-state index in [0.717, 1.165) is 6.26 Å². The number of rotatable bonds is 3. The summed E-state index contributed by atoms with van der Waals surface area (Å²) in [6.45, 7) is 1.96. The Hall–Kier alpha value is -1.93. The van der Waals surface area contributed by atoms with Crippen LogP contribution in [0, 0.1) is 6.92 Å². The first-order chi connectivity index (χ1) is 10.2. The molecule has 1 aromatic rings. The third-order valence-electron chi connectivity index (χ3n) is 3.51. The Morgan fingerprint density at radius 2 is 2.05 bits per heavy atom. The average molecular weight is 327 g/mol. The molecule has 0 saturated carbocycles. The van der Waals surface area contributed by atoms with E-state index < -0.39 is 27.8 Å². The van der Waals surface area contributed by atoms with Crippen molar-refractivity contribution in [3.8, 4) is 0 Å². The topological polar surface area (TPSA) is 101 Å². The minimum atomic E-state index is -3.46. The summed E-state index contributed by atoms with van der Waals surface area (Å²) in [6, 6.07) is 3.27. The second-order valence-corrected chi connectivity index (χ2v) is 7.16. The van der Waals surface area contributed by atoms with Crippen molar-refractivity contribution in [3.05, 3.63) is 29.3 Å². The second kappa shape index (κ2) is 6.05. The highest BCUT2D eigenvalue weighted by Gasteiger charge is 2.33. The van der Waals surface area contributed by atoms with Crippen molar-refractivity contribution in [2.24, 2.45) is 0 Å². The zero-order chi connectivity index (χ0) is 16.5. The fourth-order valence-corrected chi connectivity index (χ4v) is 3.34. The van der Waals surface area contributed by atoms with Crippen molar-refractivity contribution in [2.45, 2.75) is 17.9 Å². The van der Waals surface area contributed by atoms with E-state index in [1.807, 2.05) is 0 Å². The van der Waals surface area contributed by atoms with Gasteiger partial charge in [0.25, 0.3) is 5.91 Å². The van der Waals surface area contributed by atoms with Gasteiger partial charge in [-0.25, -0.2) is 13.2 Å². The lowest BCUT2D eigenvalue weighted by Crippen LogP contribution is -2.52. The highest BCUT2D eigenvalue weighted by atomic mass is 32.2. The van der Waals surface area contributed by atoms with E-state index >= 15 is 0 Å². The SMILES string of the molecule is Cc1ccc(C(=O)N2CCOC[C@@H]2C(=O)O)cc1S(C)(=O)=O. The highest BCUT2D eigenvalue weighted by molar-refractivity contribution is 7.90. The van der Waals surface area contributed by atoms with Crippen molar-refractivity contribution in [1.29, 1.82) is 0 Å². The Balaban J connectivity index is 2.39. The number of amides is 1. The van der Waals surface area contributed by atoms with Crippen molar-refractivity contribution in [1.82, 2.24) is 4.90 Å². The molecule has 1 N–H and O–H groups in total. The van der Waals surface area contributed by atoms with E-state index in [-0.39, 0.29) is 30.2 Å². The second-order valence-electron chi connectivity index (χ2n) is 5.18. The third kappa shape index (κ3) is 3.28. The van der Waals surface area contributed by atoms with Crippen molar-refractivity contribution >= 4 is 21.7 Å². The van der Waals surface area contributed by atoms with Crippen LogP contribution in [0.15, 0.2) is 23.1 Å². The summed E-state index contributed by atoms with van der Waals surface area (Å²) in [5.41, 5.74) is 0.690. The van der Waals surface area contributed by atoms with Crippen LogP contribution in [0.25, 0.3) is 0 Å². The number of carboxylic acid groups (broad SMARTS) is 1. The van der Waals surface area contributed by atoms with Crippen LogP contribution in [0.3, 0.4) is 0 Å². The smallest absolute Gasteiger partial charge is 0.328 e. The molecule has 1 aromatic carbocycles. The number of aryl methyl sites for hydroxylation is 1. The first-order valence-corrected chi connectivity index (χ1v) is 8.53. The standard InChI is InChI=1S/C14H17NO6S/c1-9-3-4-10(7-12(9)22(2,19)20)13(16)15-5-6-21-8-11(15)14(17)18/h3-4,7,11H,5-6,8H2,1-2H3,(H,17,18)/t11-/m1/s1. The van der Waals surface area contributed by atoms with Gasteiger partial charge in [0.15, 0.2) is 15.9 Å². The van der Waals surface area contributed by atoms with Crippen LogP contribution in [0.1, 0.15) is 15.9 Å². The molecule has 1 aliphatic rings. The van der Waals surface area contributed by atoms with E-state index in [1.54, 1.807) is 13.0 Å². The number of ether oxygens (including phenoxy) is 1. The Bertz CT molecular complexity index is 712. The highest BCUT2D eigenvalue weighted by Crippen LogP contribution is 2.20. The van der Waals surface area contributed by atoms with Crippen LogP contribution >= 0.6 is 0 Å². The minimum absolute atomic E-state index is 0.0680. The molecule has 120 valence electrons. The quantitative estimate of drug-likeness (QED) is 0.858. The molecule has 0 bridgehead atoms. The molecule has 7 nitrogen and oxygen atoms in total. The monoisotopic (exact) mass is 327 g/mol. The summed E-state index contributed by atoms with van der Waals surface area (Å²) in [5.74, 6) is -1.66. The summed E-state index contributed by atoms with van der Waals surface area (Å²) in [5, 5.41) is 9.16. The number of carbonyl (C=O) groups is 2. The summed E-state index contributed by atoms with van der Waals surface area (Å²) in [6.07, 6.45) is 1.07. The van der Waals surface area contributed by atoms with E-state index in [1.165, 1.54) is 17.0 Å². The summed E-state index contributed by atoms with van der Waals surface area (Å²) >= 11 is 0. The molecule has 0 spiro atoms. The molecule has 0 radical (unpaired) electrons. The van der Waals surface area contributed by atoms with Gasteiger partial charge in [-0.2, -0.15) is 0 Å². The Labute approximate surface area is 128 Å². The number of morpholine rings is 1. The normalized spacial score (nSPS) is 19.0. The Morgan fingerprint density at radius 3 is 2.64 bits per heavy atom. The van der Waals surface area contributed by atoms with Gasteiger partial charge < -0.3 is 14.7 Å². The summed E-state index contributed by atoms with van der Waals surface area (Å²) in [4.78, 5) is 25.0. The van der Waals surface area contributed by atoms with Gasteiger partial charge in [0, 0.05) is 18.4 Å². The van der Waals surface area contributed by atoms with Gasteiger partial charge in [-0.3, -0.25) is 4.79 Å². The molecule has 0 aliphatic carbocycles. The maximum Gasteiger partial charge on any atom is 0.328 e. The number of carboxylic acids is 1. The molecular weight excluding hydrogens is 310 g/mol. The summed E-state index contributed by atoms with van der Waals surface area (Å²) in [7, 11) is -3.46. The number of hydrogen-bond acceptors (Lipinski definition) is 5. The van der Waals surface area contributed by atoms with Crippen molar-refractivity contribution in [3.63, 3.8) is 0 Å². The molecule has 1 heterocycles. The summed E-state index contributed by atoms with van der Waals surface area (Å²) < 4.78 is 28.6. The van der Waals surface area contributed by atoms with Gasteiger partial charge in [-0.05, 0) is 24.6 Å². The molecule has 1 fully saturated rings. The molecule has 8 heteroatoms. The zero-order valence-corrected chi connectivity index (χ0v) is 13.1. The molecule has 1 aliphatic heterocycles. The van der Waals surface area contributed by atoms with Crippen LogP contribution < -0.4 is 0 Å². The first kappa shape index (κ1) is 16.4. The van der Waals surface area contributed by atoms with Crippen LogP contribution in [-0.4, -0.2) is 62.4 Å². The number of sulfone groups is 1. The number of hydrogen-bond donors (Lipinski definition) is 1. The molecule has 1 atom stereocenters. The van der Waals surface area contributed by atoms with Crippen molar-refractivity contribution in [2.75, 3.05) is 26.0 Å². The fraction of sp³-hybridized carbons (Fsp3) is 0.429. The van der Waals surface area contributed by atoms with E-state index in [9.17, 15) is 18.0 Å². The van der Waals surface area contributed by atoms with Crippen molar-refractivity contribution < 1.29 is 27.9 Å². The fourth-order valence-electron chi connectivity index (χ4n) is 2.35. The molecule has 0 unspecified atom stereocenters. The molecule has 1 amide bonds. The number of benzene rings is 1. The Morgan fingerprint density at radius 1 is 1.36 bits per heavy atom. The predicted molar refractivity (Wildman–Crippen MR) is 77.6 cm³/mol. The maximum atomic E-state index is 12.5. The zero-order valence-electron chi connectivity index (χ0n) is 12.3. The predicted octanol–water partition coefficient (Wildman–Crippen LogP) is 0.324. The molecule has 2 rings (SSSR count). The van der Waals surface area contributed by atoms with E-state index in [2.05, 4.69) is 0 Å².